The third-order valence-corrected chi connectivity index (χ3v) is 1.68. The highest BCUT2D eigenvalue weighted by atomic mass is 19.2. The SMILES string of the molecule is FC1OC1COc1ccccc1. The molecule has 0 spiro atoms. The van der Waals surface area contributed by atoms with Crippen LogP contribution in [0.5, 0.6) is 5.75 Å². The van der Waals surface area contributed by atoms with Crippen molar-refractivity contribution < 1.29 is 13.9 Å². The molecule has 0 amide bonds. The molecule has 3 heteroatoms. The van der Waals surface area contributed by atoms with Crippen molar-refractivity contribution in [3.63, 3.8) is 0 Å². The van der Waals surface area contributed by atoms with Crippen molar-refractivity contribution in [3.05, 3.63) is 30.3 Å². The number of hydrogen-bond acceptors (Lipinski definition) is 2. The standard InChI is InChI=1S/C9H9FO2/c10-9-8(12-9)6-11-7-4-2-1-3-5-7/h1-5,8-9H,6H2. The fraction of sp³-hybridized carbons (Fsp3) is 0.333. The van der Waals surface area contributed by atoms with Crippen molar-refractivity contribution in [2.75, 3.05) is 6.61 Å². The largest absolute Gasteiger partial charge is 0.491 e. The second-order valence-corrected chi connectivity index (χ2v) is 2.65. The molecule has 1 aromatic carbocycles. The van der Waals surface area contributed by atoms with Gasteiger partial charge in [-0.15, -0.1) is 0 Å². The van der Waals surface area contributed by atoms with E-state index in [0.717, 1.165) is 5.75 Å². The number of ether oxygens (including phenoxy) is 2. The Hall–Kier alpha value is -1.09. The predicted octanol–water partition coefficient (Wildman–Crippen LogP) is 1.76. The van der Waals surface area contributed by atoms with E-state index in [9.17, 15) is 4.39 Å². The Morgan fingerprint density at radius 1 is 1.33 bits per heavy atom. The number of para-hydroxylation sites is 1. The quantitative estimate of drug-likeness (QED) is 0.641. The van der Waals surface area contributed by atoms with Crippen molar-refractivity contribution in [1.82, 2.24) is 0 Å². The maximum atomic E-state index is 12.2. The molecule has 2 nitrogen and oxygen atoms in total. The van der Waals surface area contributed by atoms with E-state index < -0.39 is 6.36 Å². The number of alkyl halides is 1. The molecule has 1 aliphatic rings. The Kier molecular flexibility index (Phi) is 1.96. The van der Waals surface area contributed by atoms with E-state index in [1.54, 1.807) is 0 Å². The Morgan fingerprint density at radius 2 is 2.00 bits per heavy atom. The first-order chi connectivity index (χ1) is 5.86. The number of hydrogen-bond donors (Lipinski definition) is 0. The Balaban J connectivity index is 1.80. The zero-order chi connectivity index (χ0) is 8.39. The van der Waals surface area contributed by atoms with Gasteiger partial charge < -0.3 is 9.47 Å². The van der Waals surface area contributed by atoms with Crippen molar-refractivity contribution in [2.24, 2.45) is 0 Å². The molecule has 2 atom stereocenters. The topological polar surface area (TPSA) is 21.8 Å². The summed E-state index contributed by atoms with van der Waals surface area (Å²) >= 11 is 0. The molecule has 2 unspecified atom stereocenters. The molecule has 1 heterocycles. The van der Waals surface area contributed by atoms with Crippen molar-refractivity contribution >= 4 is 0 Å². The average molecular weight is 168 g/mol. The predicted molar refractivity (Wildman–Crippen MR) is 41.7 cm³/mol. The minimum absolute atomic E-state index is 0.297. The molecular weight excluding hydrogens is 159 g/mol. The van der Waals surface area contributed by atoms with Crippen LogP contribution in [0.4, 0.5) is 4.39 Å². The highest BCUT2D eigenvalue weighted by Crippen LogP contribution is 2.23. The van der Waals surface area contributed by atoms with E-state index in [0.29, 0.717) is 6.61 Å². The van der Waals surface area contributed by atoms with Crippen LogP contribution in [0.1, 0.15) is 0 Å². The van der Waals surface area contributed by atoms with Crippen molar-refractivity contribution in [3.8, 4) is 5.75 Å². The van der Waals surface area contributed by atoms with Crippen molar-refractivity contribution in [1.29, 1.82) is 0 Å². The molecule has 0 N–H and O–H groups in total. The number of benzene rings is 1. The van der Waals surface area contributed by atoms with Gasteiger partial charge in [0, 0.05) is 0 Å². The van der Waals surface area contributed by atoms with Crippen LogP contribution in [0.25, 0.3) is 0 Å². The lowest BCUT2D eigenvalue weighted by Crippen LogP contribution is -2.05. The van der Waals surface area contributed by atoms with Crippen LogP contribution in [0, 0.1) is 0 Å². The summed E-state index contributed by atoms with van der Waals surface area (Å²) in [6, 6.07) is 9.30. The van der Waals surface area contributed by atoms with E-state index in [1.807, 2.05) is 30.3 Å². The van der Waals surface area contributed by atoms with Gasteiger partial charge in [0.05, 0.1) is 0 Å². The molecule has 1 fully saturated rings. The molecule has 0 bridgehead atoms. The van der Waals surface area contributed by atoms with E-state index in [1.165, 1.54) is 0 Å². The minimum Gasteiger partial charge on any atom is -0.491 e. The molecule has 12 heavy (non-hydrogen) atoms. The van der Waals surface area contributed by atoms with Crippen LogP contribution in [0.2, 0.25) is 0 Å². The van der Waals surface area contributed by atoms with Gasteiger partial charge in [-0.2, -0.15) is 0 Å². The highest BCUT2D eigenvalue weighted by molar-refractivity contribution is 5.20. The molecule has 0 aromatic heterocycles. The van der Waals surface area contributed by atoms with E-state index in [2.05, 4.69) is 4.74 Å². The second-order valence-electron chi connectivity index (χ2n) is 2.65. The fourth-order valence-corrected chi connectivity index (χ4v) is 0.932. The van der Waals surface area contributed by atoms with E-state index in [4.69, 9.17) is 4.74 Å². The van der Waals surface area contributed by atoms with Gasteiger partial charge >= 0.3 is 0 Å². The van der Waals surface area contributed by atoms with Crippen LogP contribution >= 0.6 is 0 Å². The lowest BCUT2D eigenvalue weighted by Gasteiger charge is -2.01. The molecule has 64 valence electrons. The van der Waals surface area contributed by atoms with Crippen LogP contribution in [0.15, 0.2) is 30.3 Å². The molecule has 0 aliphatic carbocycles. The van der Waals surface area contributed by atoms with Crippen LogP contribution in [-0.4, -0.2) is 19.1 Å². The van der Waals surface area contributed by atoms with Gasteiger partial charge in [0.15, 0.2) is 6.10 Å². The summed E-state index contributed by atoms with van der Waals surface area (Å²) in [5.74, 6) is 0.750. The normalized spacial score (nSPS) is 26.8. The minimum atomic E-state index is -1.12. The maximum absolute atomic E-state index is 12.2. The lowest BCUT2D eigenvalue weighted by molar-refractivity contribution is 0.240. The number of halogens is 1. The molecule has 1 aliphatic heterocycles. The third-order valence-electron chi connectivity index (χ3n) is 1.68. The van der Waals surface area contributed by atoms with Crippen molar-refractivity contribution in [2.45, 2.75) is 12.5 Å². The average Bonchev–Trinajstić information content (AvgIpc) is 2.81. The first-order valence-electron chi connectivity index (χ1n) is 3.83. The molecule has 1 saturated heterocycles. The van der Waals surface area contributed by atoms with Gasteiger partial charge in [-0.1, -0.05) is 18.2 Å². The summed E-state index contributed by atoms with van der Waals surface area (Å²) < 4.78 is 22.0. The zero-order valence-corrected chi connectivity index (χ0v) is 6.44. The smallest absolute Gasteiger partial charge is 0.229 e. The maximum Gasteiger partial charge on any atom is 0.229 e. The Morgan fingerprint density at radius 3 is 2.58 bits per heavy atom. The van der Waals surface area contributed by atoms with Gasteiger partial charge in [-0.05, 0) is 12.1 Å². The second kappa shape index (κ2) is 3.11. The molecular formula is C9H9FO2. The van der Waals surface area contributed by atoms with Gasteiger partial charge in [-0.3, -0.25) is 0 Å². The molecule has 2 rings (SSSR count). The zero-order valence-electron chi connectivity index (χ0n) is 6.44. The molecule has 0 saturated carbocycles. The summed E-state index contributed by atoms with van der Waals surface area (Å²) in [7, 11) is 0. The number of epoxide rings is 1. The summed E-state index contributed by atoms with van der Waals surface area (Å²) in [5, 5.41) is 0. The number of rotatable bonds is 3. The first kappa shape index (κ1) is 7.55. The van der Waals surface area contributed by atoms with Crippen LogP contribution < -0.4 is 4.74 Å². The monoisotopic (exact) mass is 168 g/mol. The lowest BCUT2D eigenvalue weighted by atomic mass is 10.3. The van der Waals surface area contributed by atoms with Crippen LogP contribution in [0.3, 0.4) is 0 Å². The summed E-state index contributed by atoms with van der Waals surface area (Å²) in [5.41, 5.74) is 0. The first-order valence-corrected chi connectivity index (χ1v) is 3.83. The van der Waals surface area contributed by atoms with Crippen LogP contribution in [-0.2, 0) is 4.74 Å². The summed E-state index contributed by atoms with van der Waals surface area (Å²) in [4.78, 5) is 0. The summed E-state index contributed by atoms with van der Waals surface area (Å²) in [6.45, 7) is 0.297. The third kappa shape index (κ3) is 1.74. The van der Waals surface area contributed by atoms with E-state index in [-0.39, 0.29) is 6.10 Å². The molecule has 0 radical (unpaired) electrons. The molecule has 1 aromatic rings. The highest BCUT2D eigenvalue weighted by Gasteiger charge is 2.39. The summed E-state index contributed by atoms with van der Waals surface area (Å²) in [6.07, 6.45) is -1.47. The Bertz CT molecular complexity index is 250. The fourth-order valence-electron chi connectivity index (χ4n) is 0.932. The van der Waals surface area contributed by atoms with Gasteiger partial charge in [-0.25, -0.2) is 4.39 Å². The van der Waals surface area contributed by atoms with Gasteiger partial charge in [0.2, 0.25) is 6.36 Å². The van der Waals surface area contributed by atoms with E-state index >= 15 is 0 Å². The van der Waals surface area contributed by atoms with Gasteiger partial charge in [0.25, 0.3) is 0 Å². The van der Waals surface area contributed by atoms with Gasteiger partial charge in [0.1, 0.15) is 12.4 Å². The Labute approximate surface area is 69.9 Å².